The van der Waals surface area contributed by atoms with E-state index in [2.05, 4.69) is 33.3 Å². The highest BCUT2D eigenvalue weighted by molar-refractivity contribution is 7.22. The number of hydrogen-bond acceptors (Lipinski definition) is 8. The summed E-state index contributed by atoms with van der Waals surface area (Å²) in [7, 11) is 1.73. The highest BCUT2D eigenvalue weighted by Crippen LogP contribution is 2.34. The number of morpholine rings is 1. The number of ether oxygens (including phenoxy) is 1. The van der Waals surface area contributed by atoms with Crippen molar-refractivity contribution in [3.63, 3.8) is 0 Å². The number of carbonyl (C=O) groups is 1. The SMILES string of the molecule is Cc1nnc(CN(C)C(=O)c2ccc(-c3cc4ccccc4s3)nc2N2CCOCC2)o1. The molecule has 0 N–H and O–H groups in total. The van der Waals surface area contributed by atoms with Gasteiger partial charge in [0.25, 0.3) is 5.91 Å². The molecule has 0 spiro atoms. The highest BCUT2D eigenvalue weighted by Gasteiger charge is 2.24. The lowest BCUT2D eigenvalue weighted by Crippen LogP contribution is -2.38. The van der Waals surface area contributed by atoms with Crippen molar-refractivity contribution in [1.29, 1.82) is 0 Å². The van der Waals surface area contributed by atoms with Gasteiger partial charge in [-0.25, -0.2) is 4.98 Å². The van der Waals surface area contributed by atoms with Crippen molar-refractivity contribution in [2.75, 3.05) is 38.3 Å². The van der Waals surface area contributed by atoms with Gasteiger partial charge in [0.1, 0.15) is 5.82 Å². The summed E-state index contributed by atoms with van der Waals surface area (Å²) in [6.07, 6.45) is 0. The van der Waals surface area contributed by atoms with Gasteiger partial charge in [0.2, 0.25) is 11.8 Å². The molecule has 9 heteroatoms. The lowest BCUT2D eigenvalue weighted by molar-refractivity contribution is 0.0771. The van der Waals surface area contributed by atoms with E-state index in [1.165, 1.54) is 10.1 Å². The van der Waals surface area contributed by atoms with Gasteiger partial charge in [0.15, 0.2) is 0 Å². The van der Waals surface area contributed by atoms with Crippen LogP contribution in [0.4, 0.5) is 5.82 Å². The maximum Gasteiger partial charge on any atom is 0.257 e. The number of fused-ring (bicyclic) bond motifs is 1. The van der Waals surface area contributed by atoms with Gasteiger partial charge < -0.3 is 19.0 Å². The largest absolute Gasteiger partial charge is 0.424 e. The van der Waals surface area contributed by atoms with Gasteiger partial charge in [-0.2, -0.15) is 0 Å². The zero-order chi connectivity index (χ0) is 22.1. The van der Waals surface area contributed by atoms with Crippen LogP contribution in [0.5, 0.6) is 0 Å². The Morgan fingerprint density at radius 3 is 2.72 bits per heavy atom. The van der Waals surface area contributed by atoms with Crippen LogP contribution in [-0.4, -0.2) is 59.3 Å². The van der Waals surface area contributed by atoms with Crippen molar-refractivity contribution >= 4 is 33.1 Å². The van der Waals surface area contributed by atoms with Crippen molar-refractivity contribution in [1.82, 2.24) is 20.1 Å². The van der Waals surface area contributed by atoms with Crippen molar-refractivity contribution in [2.24, 2.45) is 0 Å². The zero-order valence-corrected chi connectivity index (χ0v) is 18.8. The second-order valence-electron chi connectivity index (χ2n) is 7.69. The molecule has 0 bridgehead atoms. The molecular formula is C23H23N5O3S. The fourth-order valence-electron chi connectivity index (χ4n) is 3.76. The van der Waals surface area contributed by atoms with Crippen LogP contribution in [0.15, 0.2) is 46.9 Å². The van der Waals surface area contributed by atoms with E-state index in [1.807, 2.05) is 24.3 Å². The second-order valence-corrected chi connectivity index (χ2v) is 8.78. The highest BCUT2D eigenvalue weighted by atomic mass is 32.1. The summed E-state index contributed by atoms with van der Waals surface area (Å²) in [6.45, 7) is 4.57. The third kappa shape index (κ3) is 4.09. The van der Waals surface area contributed by atoms with Crippen LogP contribution in [0.1, 0.15) is 22.1 Å². The van der Waals surface area contributed by atoms with Crippen molar-refractivity contribution in [2.45, 2.75) is 13.5 Å². The minimum absolute atomic E-state index is 0.141. The number of benzene rings is 1. The summed E-state index contributed by atoms with van der Waals surface area (Å²) in [5, 5.41) is 9.03. The number of nitrogens with zero attached hydrogens (tertiary/aromatic N) is 5. The number of thiophene rings is 1. The molecular weight excluding hydrogens is 426 g/mol. The normalized spacial score (nSPS) is 14.1. The fraction of sp³-hybridized carbons (Fsp3) is 0.304. The third-order valence-corrected chi connectivity index (χ3v) is 6.52. The predicted molar refractivity (Wildman–Crippen MR) is 123 cm³/mol. The Kier molecular flexibility index (Phi) is 5.59. The maximum absolute atomic E-state index is 13.3. The molecule has 1 aliphatic rings. The van der Waals surface area contributed by atoms with Crippen LogP contribution in [0.25, 0.3) is 20.7 Å². The molecule has 0 radical (unpaired) electrons. The average Bonchev–Trinajstić information content (AvgIpc) is 3.44. The molecule has 0 aliphatic carbocycles. The Hall–Kier alpha value is -3.30. The minimum Gasteiger partial charge on any atom is -0.424 e. The Bertz CT molecular complexity index is 1230. The van der Waals surface area contributed by atoms with Gasteiger partial charge in [0, 0.05) is 31.8 Å². The first-order valence-corrected chi connectivity index (χ1v) is 11.3. The Labute approximate surface area is 189 Å². The molecule has 1 amide bonds. The average molecular weight is 450 g/mol. The lowest BCUT2D eigenvalue weighted by Gasteiger charge is -2.30. The van der Waals surface area contributed by atoms with E-state index < -0.39 is 0 Å². The number of rotatable bonds is 5. The van der Waals surface area contributed by atoms with Crippen LogP contribution in [0, 0.1) is 6.92 Å². The third-order valence-electron chi connectivity index (χ3n) is 5.38. The topological polar surface area (TPSA) is 84.6 Å². The van der Waals surface area contributed by atoms with Gasteiger partial charge in [-0.15, -0.1) is 21.5 Å². The summed E-state index contributed by atoms with van der Waals surface area (Å²) in [5.74, 6) is 1.42. The molecule has 0 atom stereocenters. The van der Waals surface area contributed by atoms with E-state index in [-0.39, 0.29) is 12.5 Å². The van der Waals surface area contributed by atoms with Crippen LogP contribution in [0.2, 0.25) is 0 Å². The molecule has 8 nitrogen and oxygen atoms in total. The monoisotopic (exact) mass is 449 g/mol. The molecule has 4 heterocycles. The van der Waals surface area contributed by atoms with E-state index >= 15 is 0 Å². The van der Waals surface area contributed by atoms with Crippen molar-refractivity contribution in [3.8, 4) is 10.6 Å². The van der Waals surface area contributed by atoms with Crippen molar-refractivity contribution < 1.29 is 13.9 Å². The first-order valence-electron chi connectivity index (χ1n) is 10.5. The number of anilines is 1. The Balaban J connectivity index is 1.50. The van der Waals surface area contributed by atoms with E-state index in [4.69, 9.17) is 14.1 Å². The molecule has 1 aromatic carbocycles. The smallest absolute Gasteiger partial charge is 0.257 e. The molecule has 1 aliphatic heterocycles. The van der Waals surface area contributed by atoms with Crippen LogP contribution in [0.3, 0.4) is 0 Å². The Morgan fingerprint density at radius 1 is 1.16 bits per heavy atom. The number of hydrogen-bond donors (Lipinski definition) is 0. The molecule has 164 valence electrons. The number of aromatic nitrogens is 3. The molecule has 0 unspecified atom stereocenters. The number of aryl methyl sites for hydroxylation is 1. The molecule has 5 rings (SSSR count). The van der Waals surface area contributed by atoms with Gasteiger partial charge >= 0.3 is 0 Å². The molecule has 1 saturated heterocycles. The predicted octanol–water partition coefficient (Wildman–Crippen LogP) is 3.76. The van der Waals surface area contributed by atoms with Crippen LogP contribution < -0.4 is 4.90 Å². The van der Waals surface area contributed by atoms with Gasteiger partial charge in [0.05, 0.1) is 35.9 Å². The first kappa shape index (κ1) is 20.6. The summed E-state index contributed by atoms with van der Waals surface area (Å²) in [6, 6.07) is 14.2. The second kappa shape index (κ2) is 8.68. The lowest BCUT2D eigenvalue weighted by atomic mass is 10.1. The van der Waals surface area contributed by atoms with Gasteiger partial charge in [-0.1, -0.05) is 18.2 Å². The summed E-state index contributed by atoms with van der Waals surface area (Å²) in [4.78, 5) is 23.1. The Morgan fingerprint density at radius 2 is 1.97 bits per heavy atom. The molecule has 3 aromatic heterocycles. The number of carbonyl (C=O) groups excluding carboxylic acids is 1. The van der Waals surface area contributed by atoms with E-state index in [0.717, 1.165) is 10.6 Å². The molecule has 1 fully saturated rings. The summed E-state index contributed by atoms with van der Waals surface area (Å²) in [5.41, 5.74) is 1.41. The maximum atomic E-state index is 13.3. The minimum atomic E-state index is -0.141. The van der Waals surface area contributed by atoms with E-state index in [0.29, 0.717) is 49.5 Å². The summed E-state index contributed by atoms with van der Waals surface area (Å²) >= 11 is 1.70. The standard InChI is InChI=1S/C23H23N5O3S/c1-15-25-26-21(31-15)14-27(2)23(29)17-7-8-18(24-22(17)28-9-11-30-12-10-28)20-13-16-5-3-4-6-19(16)32-20/h3-8,13H,9-12,14H2,1-2H3. The van der Waals surface area contributed by atoms with E-state index in [9.17, 15) is 4.79 Å². The number of amides is 1. The van der Waals surface area contributed by atoms with Crippen LogP contribution >= 0.6 is 11.3 Å². The van der Waals surface area contributed by atoms with Gasteiger partial charge in [-0.3, -0.25) is 4.79 Å². The van der Waals surface area contributed by atoms with Crippen LogP contribution in [-0.2, 0) is 11.3 Å². The molecule has 4 aromatic rings. The quantitative estimate of drug-likeness (QED) is 0.459. The van der Waals surface area contributed by atoms with E-state index in [1.54, 1.807) is 30.2 Å². The number of pyridine rings is 1. The van der Waals surface area contributed by atoms with Gasteiger partial charge in [-0.05, 0) is 29.7 Å². The van der Waals surface area contributed by atoms with Crippen molar-refractivity contribution in [3.05, 3.63) is 59.8 Å². The summed E-state index contributed by atoms with van der Waals surface area (Å²) < 4.78 is 12.2. The first-order chi connectivity index (χ1) is 15.6. The molecule has 0 saturated carbocycles. The zero-order valence-electron chi connectivity index (χ0n) is 17.9. The fourth-order valence-corrected chi connectivity index (χ4v) is 4.79. The molecule has 32 heavy (non-hydrogen) atoms.